The van der Waals surface area contributed by atoms with Gasteiger partial charge < -0.3 is 14.9 Å². The molecule has 1 atom stereocenters. The maximum absolute atomic E-state index is 13.4. The summed E-state index contributed by atoms with van der Waals surface area (Å²) >= 11 is 0. The van der Waals surface area contributed by atoms with Crippen LogP contribution in [0.2, 0.25) is 0 Å². The lowest BCUT2D eigenvalue weighted by Gasteiger charge is -2.38. The number of aromatic nitrogens is 4. The number of amides is 1. The van der Waals surface area contributed by atoms with E-state index in [-0.39, 0.29) is 23.7 Å². The van der Waals surface area contributed by atoms with E-state index >= 15 is 0 Å². The molecule has 4 rings (SSSR count). The van der Waals surface area contributed by atoms with Crippen LogP contribution < -0.4 is 4.90 Å². The molecule has 2 aliphatic heterocycles. The molecular weight excluding hydrogens is 389 g/mol. The smallest absolute Gasteiger partial charge is 0.433 e. The largest absolute Gasteiger partial charge is 0.465 e. The normalized spacial score (nSPS) is 20.6. The Morgan fingerprint density at radius 3 is 2.45 bits per heavy atom. The van der Waals surface area contributed by atoms with E-state index < -0.39 is 18.0 Å². The lowest BCUT2D eigenvalue weighted by atomic mass is 10.1. The third kappa shape index (κ3) is 3.85. The maximum Gasteiger partial charge on any atom is 0.433 e. The third-order valence-electron chi connectivity index (χ3n) is 5.59. The van der Waals surface area contributed by atoms with Gasteiger partial charge in [-0.2, -0.15) is 18.3 Å². The highest BCUT2D eigenvalue weighted by Crippen LogP contribution is 2.34. The van der Waals surface area contributed by atoms with Crippen LogP contribution in [-0.2, 0) is 6.18 Å². The minimum atomic E-state index is -4.57. The van der Waals surface area contributed by atoms with Gasteiger partial charge in [0.05, 0.1) is 17.9 Å². The highest BCUT2D eigenvalue weighted by Gasteiger charge is 2.36. The summed E-state index contributed by atoms with van der Waals surface area (Å²) in [4.78, 5) is 22.2. The topological polar surface area (TPSA) is 87.4 Å². The van der Waals surface area contributed by atoms with Crippen molar-refractivity contribution in [1.82, 2.24) is 24.6 Å². The average molecular weight is 410 g/mol. The Labute approximate surface area is 165 Å². The van der Waals surface area contributed by atoms with Crippen LogP contribution in [0.5, 0.6) is 0 Å². The highest BCUT2D eigenvalue weighted by atomic mass is 19.4. The first kappa shape index (κ1) is 19.5. The number of nitrogens with zero attached hydrogens (tertiary/aromatic N) is 6. The molecule has 0 bridgehead atoms. The van der Waals surface area contributed by atoms with Crippen molar-refractivity contribution >= 4 is 12.0 Å². The van der Waals surface area contributed by atoms with Crippen molar-refractivity contribution < 1.29 is 23.1 Å². The van der Waals surface area contributed by atoms with Crippen LogP contribution in [0.1, 0.15) is 37.9 Å². The molecule has 0 spiro atoms. The molecule has 0 aliphatic carbocycles. The first-order chi connectivity index (χ1) is 13.7. The van der Waals surface area contributed by atoms with Gasteiger partial charge in [0.2, 0.25) is 5.95 Å². The predicted molar refractivity (Wildman–Crippen MR) is 97.5 cm³/mol. The summed E-state index contributed by atoms with van der Waals surface area (Å²) in [5.74, 6) is 0.0797. The minimum absolute atomic E-state index is 0.00171. The van der Waals surface area contributed by atoms with Gasteiger partial charge in [-0.15, -0.1) is 0 Å². The summed E-state index contributed by atoms with van der Waals surface area (Å²) < 4.78 is 41.8. The lowest BCUT2D eigenvalue weighted by Crippen LogP contribution is -2.46. The van der Waals surface area contributed by atoms with Gasteiger partial charge in [-0.05, 0) is 32.3 Å². The van der Waals surface area contributed by atoms with E-state index in [0.717, 1.165) is 12.5 Å². The van der Waals surface area contributed by atoms with Gasteiger partial charge >= 0.3 is 12.3 Å². The number of carbonyl (C=O) groups is 1. The zero-order chi connectivity index (χ0) is 20.8. The lowest BCUT2D eigenvalue weighted by molar-refractivity contribution is -0.141. The summed E-state index contributed by atoms with van der Waals surface area (Å²) in [5.41, 5.74) is -0.317. The van der Waals surface area contributed by atoms with Crippen molar-refractivity contribution in [3.63, 3.8) is 0 Å². The number of alkyl halides is 3. The van der Waals surface area contributed by atoms with Crippen molar-refractivity contribution in [2.45, 2.75) is 44.4 Å². The van der Waals surface area contributed by atoms with Gasteiger partial charge in [-0.3, -0.25) is 4.68 Å². The number of anilines is 1. The molecule has 2 aromatic rings. The van der Waals surface area contributed by atoms with Gasteiger partial charge in [0.25, 0.3) is 0 Å². The van der Waals surface area contributed by atoms with Crippen LogP contribution in [0.3, 0.4) is 0 Å². The fourth-order valence-corrected chi connectivity index (χ4v) is 3.66. The molecule has 11 heteroatoms. The second-order valence-electron chi connectivity index (χ2n) is 7.48. The van der Waals surface area contributed by atoms with Crippen LogP contribution in [0.4, 0.5) is 23.9 Å². The number of halogens is 3. The van der Waals surface area contributed by atoms with E-state index in [1.165, 1.54) is 11.1 Å². The zero-order valence-electron chi connectivity index (χ0n) is 15.8. The van der Waals surface area contributed by atoms with Gasteiger partial charge in [-0.1, -0.05) is 0 Å². The van der Waals surface area contributed by atoms with E-state index in [2.05, 4.69) is 15.1 Å². The first-order valence-corrected chi connectivity index (χ1v) is 9.47. The second-order valence-corrected chi connectivity index (χ2v) is 7.48. The standard InChI is InChI=1S/C18H21F3N6O2/c1-11-2-7-26(11)16-23-14(8-15(24-16)18(19,20)21)12-9-22-27(10-12)13-3-5-25(6-4-13)17(28)29/h8-11,13H,2-7H2,1H3,(H,28,29)/t11-/m0/s1. The number of rotatable bonds is 3. The van der Waals surface area contributed by atoms with Crippen LogP contribution in [0.15, 0.2) is 18.5 Å². The highest BCUT2D eigenvalue weighted by molar-refractivity contribution is 5.65. The Morgan fingerprint density at radius 2 is 1.90 bits per heavy atom. The van der Waals surface area contributed by atoms with E-state index in [9.17, 15) is 18.0 Å². The molecule has 2 saturated heterocycles. The fourth-order valence-electron chi connectivity index (χ4n) is 3.66. The number of hydrogen-bond acceptors (Lipinski definition) is 5. The molecule has 0 unspecified atom stereocenters. The summed E-state index contributed by atoms with van der Waals surface area (Å²) in [6, 6.07) is 1.05. The molecule has 2 aliphatic rings. The fraction of sp³-hybridized carbons (Fsp3) is 0.556. The number of likely N-dealkylation sites (tertiary alicyclic amines) is 1. The van der Waals surface area contributed by atoms with Crippen molar-refractivity contribution in [2.75, 3.05) is 24.5 Å². The average Bonchev–Trinajstić information content (AvgIpc) is 3.16. The summed E-state index contributed by atoms with van der Waals surface area (Å²) in [7, 11) is 0. The quantitative estimate of drug-likeness (QED) is 0.836. The molecule has 2 aromatic heterocycles. The minimum Gasteiger partial charge on any atom is -0.465 e. The van der Waals surface area contributed by atoms with Crippen LogP contribution >= 0.6 is 0 Å². The SMILES string of the molecule is C[C@H]1CCN1c1nc(-c2cnn(C3CCN(C(=O)O)CC3)c2)cc(C(F)(F)F)n1. The van der Waals surface area contributed by atoms with Crippen LogP contribution in [-0.4, -0.2) is 61.5 Å². The van der Waals surface area contributed by atoms with E-state index in [4.69, 9.17) is 5.11 Å². The van der Waals surface area contributed by atoms with Crippen molar-refractivity contribution in [3.05, 3.63) is 24.2 Å². The number of hydrogen-bond donors (Lipinski definition) is 1. The van der Waals surface area contributed by atoms with Crippen molar-refractivity contribution in [3.8, 4) is 11.3 Å². The van der Waals surface area contributed by atoms with Crippen LogP contribution in [0, 0.1) is 0 Å². The Bertz CT molecular complexity index is 907. The Balaban J connectivity index is 1.60. The van der Waals surface area contributed by atoms with Gasteiger partial charge in [0.1, 0.15) is 0 Å². The zero-order valence-corrected chi connectivity index (χ0v) is 15.8. The summed E-state index contributed by atoms with van der Waals surface area (Å²) in [6.07, 6.45) is -0.258. The van der Waals surface area contributed by atoms with Crippen LogP contribution in [0.25, 0.3) is 11.3 Å². The number of piperidine rings is 1. The van der Waals surface area contributed by atoms with E-state index in [0.29, 0.717) is 38.0 Å². The molecule has 0 saturated carbocycles. The Hall–Kier alpha value is -2.85. The van der Waals surface area contributed by atoms with Gasteiger partial charge in [0, 0.05) is 37.4 Å². The van der Waals surface area contributed by atoms with Gasteiger partial charge in [-0.25, -0.2) is 14.8 Å². The van der Waals surface area contributed by atoms with E-state index in [1.807, 2.05) is 6.92 Å². The summed E-state index contributed by atoms with van der Waals surface area (Å²) in [5, 5.41) is 13.3. The second kappa shape index (κ2) is 7.20. The molecular formula is C18H21F3N6O2. The molecule has 1 N–H and O–H groups in total. The molecule has 2 fully saturated rings. The molecule has 0 radical (unpaired) electrons. The molecule has 156 valence electrons. The Kier molecular flexibility index (Phi) is 4.83. The van der Waals surface area contributed by atoms with Crippen molar-refractivity contribution in [1.29, 1.82) is 0 Å². The monoisotopic (exact) mass is 410 g/mol. The summed E-state index contributed by atoms with van der Waals surface area (Å²) in [6.45, 7) is 3.35. The molecule has 1 amide bonds. The van der Waals surface area contributed by atoms with E-state index in [1.54, 1.807) is 15.8 Å². The number of carboxylic acid groups (broad SMARTS) is 1. The Morgan fingerprint density at radius 1 is 1.17 bits per heavy atom. The molecule has 0 aromatic carbocycles. The molecule has 29 heavy (non-hydrogen) atoms. The molecule has 8 nitrogen and oxygen atoms in total. The first-order valence-electron chi connectivity index (χ1n) is 9.47. The maximum atomic E-state index is 13.4. The van der Waals surface area contributed by atoms with Crippen molar-refractivity contribution in [2.24, 2.45) is 0 Å². The predicted octanol–water partition coefficient (Wildman–Crippen LogP) is 3.27. The molecule has 4 heterocycles. The van der Waals surface area contributed by atoms with Gasteiger partial charge in [0.15, 0.2) is 5.69 Å². The third-order valence-corrected chi connectivity index (χ3v) is 5.59.